The Hall–Kier alpha value is -3.24. The van der Waals surface area contributed by atoms with Gasteiger partial charge in [0.2, 0.25) is 5.69 Å². The molecule has 0 saturated heterocycles. The van der Waals surface area contributed by atoms with Gasteiger partial charge in [0.25, 0.3) is 0 Å². The van der Waals surface area contributed by atoms with E-state index in [1.54, 1.807) is 6.26 Å². The van der Waals surface area contributed by atoms with Gasteiger partial charge in [-0.1, -0.05) is 36.0 Å². The van der Waals surface area contributed by atoms with Crippen LogP contribution in [0.4, 0.5) is 0 Å². The van der Waals surface area contributed by atoms with Crippen LogP contribution in [0.3, 0.4) is 0 Å². The lowest BCUT2D eigenvalue weighted by atomic mass is 9.94. The number of pyridine rings is 1. The van der Waals surface area contributed by atoms with Crippen LogP contribution in [0.1, 0.15) is 5.56 Å². The molecule has 138 valence electrons. The van der Waals surface area contributed by atoms with E-state index in [9.17, 15) is 0 Å². The van der Waals surface area contributed by atoms with Gasteiger partial charge in [0, 0.05) is 17.0 Å². The number of nitrogens with zero attached hydrogens (tertiary/aromatic N) is 1. The Balaban J connectivity index is 1.73. The van der Waals surface area contributed by atoms with Crippen LogP contribution >= 0.6 is 11.8 Å². The molecule has 0 fully saturated rings. The van der Waals surface area contributed by atoms with Gasteiger partial charge in [-0.2, -0.15) is 0 Å². The lowest BCUT2D eigenvalue weighted by Crippen LogP contribution is -2.31. The Labute approximate surface area is 170 Å². The third-order valence-corrected chi connectivity index (χ3v) is 7.28. The maximum absolute atomic E-state index is 6.26. The monoisotopic (exact) mass is 394 g/mol. The molecule has 0 bridgehead atoms. The van der Waals surface area contributed by atoms with Crippen LogP contribution in [0.25, 0.3) is 54.9 Å². The van der Waals surface area contributed by atoms with Crippen molar-refractivity contribution >= 4 is 55.4 Å². The molecule has 4 heterocycles. The Morgan fingerprint density at radius 2 is 1.83 bits per heavy atom. The first-order valence-corrected chi connectivity index (χ1v) is 10.5. The fraction of sp³-hybridized carbons (Fsp3) is 0.0800. The highest BCUT2D eigenvalue weighted by molar-refractivity contribution is 8.00. The number of fused-ring (bicyclic) bond motifs is 7. The molecule has 0 atom stereocenters. The van der Waals surface area contributed by atoms with E-state index in [1.807, 2.05) is 17.8 Å². The van der Waals surface area contributed by atoms with E-state index >= 15 is 0 Å². The molecule has 0 radical (unpaired) electrons. The molecule has 7 rings (SSSR count). The smallest absolute Gasteiger partial charge is 0.222 e. The number of hydrogen-bond acceptors (Lipinski definition) is 3. The van der Waals surface area contributed by atoms with Gasteiger partial charge >= 0.3 is 0 Å². The van der Waals surface area contributed by atoms with Crippen LogP contribution in [0.15, 0.2) is 79.6 Å². The standard InChI is InChI=1S/C25H16NO2S/c1-13-16-6-4-3-5-14(16)12-19-20(13)22-21-15(7-9-26(22)2)11-17-23-18(8-10-27-23)28-24(17)25(21)29-19/h3-12H,1-2H3/q+1. The summed E-state index contributed by atoms with van der Waals surface area (Å²) in [5.74, 6) is 0. The molecule has 3 nitrogen and oxygen atoms in total. The van der Waals surface area contributed by atoms with Crippen molar-refractivity contribution in [3.8, 4) is 11.3 Å². The van der Waals surface area contributed by atoms with Gasteiger partial charge in [-0.3, -0.25) is 0 Å². The van der Waals surface area contributed by atoms with E-state index in [0.717, 1.165) is 22.1 Å². The summed E-state index contributed by atoms with van der Waals surface area (Å²) in [7, 11) is 2.13. The third kappa shape index (κ3) is 1.87. The Kier molecular flexibility index (Phi) is 2.82. The summed E-state index contributed by atoms with van der Waals surface area (Å²) in [5.41, 5.74) is 6.45. The summed E-state index contributed by atoms with van der Waals surface area (Å²) in [6.45, 7) is 2.24. The molecule has 4 heteroatoms. The fourth-order valence-corrected chi connectivity index (χ4v) is 6.13. The van der Waals surface area contributed by atoms with Crippen molar-refractivity contribution in [3.63, 3.8) is 0 Å². The molecule has 1 aliphatic heterocycles. The summed E-state index contributed by atoms with van der Waals surface area (Å²) in [5, 5.41) is 6.10. The Bertz CT molecular complexity index is 1650. The Morgan fingerprint density at radius 3 is 2.76 bits per heavy atom. The van der Waals surface area contributed by atoms with Crippen molar-refractivity contribution in [1.82, 2.24) is 0 Å². The minimum absolute atomic E-state index is 0.804. The van der Waals surface area contributed by atoms with E-state index in [2.05, 4.69) is 67.2 Å². The maximum Gasteiger partial charge on any atom is 0.222 e. The number of furan rings is 2. The first-order valence-electron chi connectivity index (χ1n) is 9.66. The predicted molar refractivity (Wildman–Crippen MR) is 116 cm³/mol. The van der Waals surface area contributed by atoms with E-state index in [4.69, 9.17) is 8.83 Å². The molecule has 0 saturated carbocycles. The zero-order chi connectivity index (χ0) is 19.3. The van der Waals surface area contributed by atoms with Crippen LogP contribution in [0.5, 0.6) is 0 Å². The molecule has 0 N–H and O–H groups in total. The SMILES string of the molecule is Cc1c2c(cc3ccccc13)Sc1c3oc4ccoc4c3cc3cc[n+](C)c-2c13. The highest BCUT2D eigenvalue weighted by Crippen LogP contribution is 2.52. The van der Waals surface area contributed by atoms with Crippen molar-refractivity contribution in [2.45, 2.75) is 16.7 Å². The second-order valence-electron chi connectivity index (χ2n) is 7.74. The zero-order valence-electron chi connectivity index (χ0n) is 15.9. The van der Waals surface area contributed by atoms with E-state index in [0.29, 0.717) is 0 Å². The number of rotatable bonds is 0. The topological polar surface area (TPSA) is 30.2 Å². The van der Waals surface area contributed by atoms with Crippen molar-refractivity contribution < 1.29 is 13.4 Å². The number of hydrogen-bond donors (Lipinski definition) is 0. The summed E-state index contributed by atoms with van der Waals surface area (Å²) in [6, 6.07) is 17.2. The second-order valence-corrected chi connectivity index (χ2v) is 8.79. The summed E-state index contributed by atoms with van der Waals surface area (Å²) < 4.78 is 14.2. The number of aryl methyl sites for hydroxylation is 2. The molecular weight excluding hydrogens is 378 g/mol. The van der Waals surface area contributed by atoms with Crippen LogP contribution in [-0.4, -0.2) is 0 Å². The fourth-order valence-electron chi connectivity index (χ4n) is 4.81. The van der Waals surface area contributed by atoms with Crippen molar-refractivity contribution in [1.29, 1.82) is 0 Å². The largest absolute Gasteiger partial charge is 0.460 e. The van der Waals surface area contributed by atoms with Crippen molar-refractivity contribution in [2.75, 3.05) is 0 Å². The molecule has 6 aromatic rings. The Morgan fingerprint density at radius 1 is 0.931 bits per heavy atom. The lowest BCUT2D eigenvalue weighted by molar-refractivity contribution is -0.659. The van der Waals surface area contributed by atoms with Gasteiger partial charge < -0.3 is 8.83 Å². The predicted octanol–water partition coefficient (Wildman–Crippen LogP) is 6.75. The third-order valence-electron chi connectivity index (χ3n) is 6.14. The molecule has 1 aliphatic rings. The van der Waals surface area contributed by atoms with E-state index in [1.165, 1.54) is 48.2 Å². The van der Waals surface area contributed by atoms with Gasteiger partial charge in [-0.15, -0.1) is 0 Å². The molecule has 29 heavy (non-hydrogen) atoms. The van der Waals surface area contributed by atoms with Crippen LogP contribution in [-0.2, 0) is 7.05 Å². The normalized spacial score (nSPS) is 13.0. The van der Waals surface area contributed by atoms with Gasteiger partial charge in [0.1, 0.15) is 7.05 Å². The average molecular weight is 394 g/mol. The first kappa shape index (κ1) is 15.7. The molecular formula is C25H16NO2S+. The van der Waals surface area contributed by atoms with Gasteiger partial charge in [0.05, 0.1) is 27.5 Å². The number of benzene rings is 3. The van der Waals surface area contributed by atoms with Crippen molar-refractivity contribution in [3.05, 3.63) is 66.6 Å². The average Bonchev–Trinajstić information content (AvgIpc) is 3.32. The molecule has 0 unspecified atom stereocenters. The summed E-state index contributed by atoms with van der Waals surface area (Å²) >= 11 is 1.81. The number of aromatic nitrogens is 1. The van der Waals surface area contributed by atoms with Crippen LogP contribution < -0.4 is 4.57 Å². The second kappa shape index (κ2) is 5.22. The molecule has 3 aromatic heterocycles. The zero-order valence-corrected chi connectivity index (χ0v) is 16.8. The molecule has 0 aliphatic carbocycles. The highest BCUT2D eigenvalue weighted by Gasteiger charge is 2.32. The van der Waals surface area contributed by atoms with Gasteiger partial charge in [0.15, 0.2) is 22.9 Å². The maximum atomic E-state index is 6.26. The van der Waals surface area contributed by atoms with Crippen molar-refractivity contribution in [2.24, 2.45) is 7.05 Å². The highest BCUT2D eigenvalue weighted by atomic mass is 32.2. The molecule has 0 amide bonds. The van der Waals surface area contributed by atoms with Gasteiger partial charge in [-0.25, -0.2) is 4.57 Å². The lowest BCUT2D eigenvalue weighted by Gasteiger charge is -2.21. The summed E-state index contributed by atoms with van der Waals surface area (Å²) in [6.07, 6.45) is 3.85. The van der Waals surface area contributed by atoms with E-state index < -0.39 is 0 Å². The quantitative estimate of drug-likeness (QED) is 0.267. The molecule has 3 aromatic carbocycles. The van der Waals surface area contributed by atoms with E-state index in [-0.39, 0.29) is 0 Å². The summed E-state index contributed by atoms with van der Waals surface area (Å²) in [4.78, 5) is 2.45. The first-order chi connectivity index (χ1) is 14.2. The van der Waals surface area contributed by atoms with Gasteiger partial charge in [-0.05, 0) is 40.8 Å². The minimum Gasteiger partial charge on any atom is -0.460 e. The van der Waals surface area contributed by atoms with Crippen LogP contribution in [0.2, 0.25) is 0 Å². The molecule has 0 spiro atoms. The minimum atomic E-state index is 0.804. The van der Waals surface area contributed by atoms with Crippen LogP contribution in [0, 0.1) is 6.92 Å².